The Kier molecular flexibility index (Phi) is 49.5. The van der Waals surface area contributed by atoms with Crippen LogP contribution in [0.2, 0.25) is 0 Å². The van der Waals surface area contributed by atoms with Gasteiger partial charge in [0, 0.05) is 128 Å². The molecule has 128 heavy (non-hydrogen) atoms. The second kappa shape index (κ2) is 59.9. The monoisotopic (exact) mass is 1770 g/mol. The van der Waals surface area contributed by atoms with Crippen LogP contribution in [0.4, 0.5) is 19.2 Å². The average Bonchev–Trinajstić information content (AvgIpc) is 0.856. The molecule has 0 aliphatic carbocycles. The van der Waals surface area contributed by atoms with Gasteiger partial charge in [-0.25, -0.2) is 19.2 Å². The van der Waals surface area contributed by atoms with Crippen molar-refractivity contribution >= 4 is 47.8 Å². The van der Waals surface area contributed by atoms with E-state index < -0.39 is 0 Å². The summed E-state index contributed by atoms with van der Waals surface area (Å²) in [5.74, 6) is 4.62. The molecule has 0 radical (unpaired) electrons. The summed E-state index contributed by atoms with van der Waals surface area (Å²) in [5.41, 5.74) is 8.00. The van der Waals surface area contributed by atoms with Gasteiger partial charge in [-0.2, -0.15) is 0 Å². The summed E-state index contributed by atoms with van der Waals surface area (Å²) in [6.07, 6.45) is 2.84. The van der Waals surface area contributed by atoms with Crippen LogP contribution < -0.4 is 80.4 Å². The number of benzene rings is 8. The molecule has 0 saturated heterocycles. The number of unbranched alkanes of at least 4 members (excludes halogenated alkanes) is 1. The number of rotatable bonds is 47. The van der Waals surface area contributed by atoms with E-state index in [4.69, 9.17) is 37.9 Å². The minimum Gasteiger partial charge on any atom is -0.493 e. The van der Waals surface area contributed by atoms with Crippen LogP contribution >= 0.6 is 0 Å². The standard InChI is InChI=1S/C26H37N3O4.2C25H35N3O4.C24H33N3O4/c1-5-6-14-27-26(31)28-15-16-29(25(30)20(2)3)18-22-12-13-23(24(17-22)32-4)33-19-21-10-8-7-9-11-21;1-18(2)24(29)28(14-13-26-25(30)27-19(3)4)16-21-11-12-22(23(15-21)31-5)32-17-20-9-7-6-8-10-20;1-5-13-26-25(30)27-14-15-28(24(29)19(2)3)17-21-11-12-22(23(16-21)31-4)32-18-20-9-7-6-8-10-20;1-5-25-24(29)26-13-14-27(23(28)18(2)3)16-20-11-12-21(22(15-20)30-4)31-17-19-9-7-6-8-10-19/h7-13,17,20H,5-6,14-16,18-19H2,1-4H3,(H2,27,28,31);6-12,15,18-19H,13-14,16-17H2,1-5H3,(H2,26,27,30);6-12,16,19H,5,13-15,17-18H2,1-4H3,(H2,26,27,30);6-12,15,18H,5,13-14,16-17H2,1-4H3,(H2,25,26,29). The minimum absolute atomic E-state index is 0.0273. The summed E-state index contributed by atoms with van der Waals surface area (Å²) in [4.78, 5) is 105. The Morgan fingerprint density at radius 1 is 0.273 bits per heavy atom. The zero-order valence-corrected chi connectivity index (χ0v) is 78.2. The number of ether oxygens (including phenoxy) is 8. The van der Waals surface area contributed by atoms with Crippen molar-refractivity contribution in [1.29, 1.82) is 0 Å². The minimum atomic E-state index is -0.237. The van der Waals surface area contributed by atoms with Crippen LogP contribution in [0, 0.1) is 23.7 Å². The Labute approximate surface area is 758 Å². The number of methoxy groups -OCH3 is 4. The van der Waals surface area contributed by atoms with E-state index in [1.165, 1.54) is 0 Å². The second-order valence-electron chi connectivity index (χ2n) is 31.8. The molecule has 8 aromatic carbocycles. The zero-order chi connectivity index (χ0) is 93.6. The van der Waals surface area contributed by atoms with Gasteiger partial charge >= 0.3 is 24.1 Å². The first-order valence-electron chi connectivity index (χ1n) is 44.2. The highest BCUT2D eigenvalue weighted by Crippen LogP contribution is 2.34. The van der Waals surface area contributed by atoms with E-state index in [-0.39, 0.29) is 77.5 Å². The van der Waals surface area contributed by atoms with Gasteiger partial charge in [-0.05, 0) is 127 Å². The SMILES string of the molecule is CCCCNC(=O)NCCN(Cc1ccc(OCc2ccccc2)c(OC)c1)C(=O)C(C)C.CCCNC(=O)NCCN(Cc1ccc(OCc2ccccc2)c(OC)c1)C(=O)C(C)C.CCNC(=O)NCCN(Cc1ccc(OCc2ccccc2)c(OC)c1)C(=O)C(C)C.COc1cc(CN(CCNC(=O)NC(C)C)C(=O)C(C)C)ccc1OCc1ccccc1. The topological polar surface area (TPSA) is 320 Å². The Balaban J connectivity index is 0.000000303. The molecule has 0 unspecified atom stereocenters. The third kappa shape index (κ3) is 40.6. The summed E-state index contributed by atoms with van der Waals surface area (Å²) >= 11 is 0. The number of amides is 12. The van der Waals surface area contributed by atoms with E-state index in [0.717, 1.165) is 63.8 Å². The normalized spacial score (nSPS) is 10.6. The molecule has 0 spiro atoms. The van der Waals surface area contributed by atoms with E-state index >= 15 is 0 Å². The number of carbonyl (C=O) groups excluding carboxylic acids is 8. The number of hydrogen-bond acceptors (Lipinski definition) is 16. The lowest BCUT2D eigenvalue weighted by atomic mass is 10.1. The molecule has 0 heterocycles. The summed E-state index contributed by atoms with van der Waals surface area (Å²) in [6.45, 7) is 33.2. The summed E-state index contributed by atoms with van der Waals surface area (Å²) in [5, 5.41) is 22.2. The van der Waals surface area contributed by atoms with Crippen LogP contribution in [-0.2, 0) is 71.8 Å². The maximum atomic E-state index is 12.8. The maximum Gasteiger partial charge on any atom is 0.315 e. The Bertz CT molecular complexity index is 4580. The van der Waals surface area contributed by atoms with Crippen molar-refractivity contribution in [1.82, 2.24) is 62.1 Å². The first-order valence-corrected chi connectivity index (χ1v) is 44.2. The molecule has 0 aliphatic heterocycles. The molecule has 0 atom stereocenters. The molecule has 8 rings (SSSR count). The third-order valence-corrected chi connectivity index (χ3v) is 19.4. The fourth-order valence-corrected chi connectivity index (χ4v) is 12.6. The highest BCUT2D eigenvalue weighted by Gasteiger charge is 2.24. The lowest BCUT2D eigenvalue weighted by Crippen LogP contribution is -2.44. The van der Waals surface area contributed by atoms with Crippen LogP contribution in [0.5, 0.6) is 46.0 Å². The number of nitrogens with one attached hydrogen (secondary N) is 8. The smallest absolute Gasteiger partial charge is 0.315 e. The first-order chi connectivity index (χ1) is 61.6. The molecule has 28 nitrogen and oxygen atoms in total. The predicted molar refractivity (Wildman–Crippen MR) is 503 cm³/mol. The molecule has 696 valence electrons. The molecule has 0 aliphatic rings. The molecule has 8 N–H and O–H groups in total. The van der Waals surface area contributed by atoms with Crippen LogP contribution in [0.25, 0.3) is 0 Å². The van der Waals surface area contributed by atoms with Crippen molar-refractivity contribution in [3.05, 3.63) is 239 Å². The molecule has 0 aromatic heterocycles. The third-order valence-electron chi connectivity index (χ3n) is 19.4. The van der Waals surface area contributed by atoms with Gasteiger partial charge in [-0.15, -0.1) is 0 Å². The van der Waals surface area contributed by atoms with Crippen molar-refractivity contribution in [2.75, 3.05) is 100 Å². The van der Waals surface area contributed by atoms with Gasteiger partial charge in [0.25, 0.3) is 0 Å². The van der Waals surface area contributed by atoms with Gasteiger partial charge < -0.3 is 100 Å². The van der Waals surface area contributed by atoms with Crippen LogP contribution in [0.3, 0.4) is 0 Å². The molecule has 0 fully saturated rings. The van der Waals surface area contributed by atoms with Gasteiger partial charge in [0.15, 0.2) is 46.0 Å². The lowest BCUT2D eigenvalue weighted by molar-refractivity contribution is -0.135. The summed E-state index contributed by atoms with van der Waals surface area (Å²) in [7, 11) is 6.40. The molecule has 8 aromatic rings. The van der Waals surface area contributed by atoms with Crippen molar-refractivity contribution in [3.8, 4) is 46.0 Å². The molecule has 12 amide bonds. The van der Waals surface area contributed by atoms with Gasteiger partial charge in [-0.3, -0.25) is 19.2 Å². The van der Waals surface area contributed by atoms with E-state index in [2.05, 4.69) is 49.5 Å². The van der Waals surface area contributed by atoms with Crippen LogP contribution in [0.15, 0.2) is 194 Å². The average molecular weight is 1770 g/mol. The molecule has 0 saturated carbocycles. The number of hydrogen-bond donors (Lipinski definition) is 8. The zero-order valence-electron chi connectivity index (χ0n) is 78.2. The van der Waals surface area contributed by atoms with Crippen LogP contribution in [0.1, 0.15) is 154 Å². The van der Waals surface area contributed by atoms with E-state index in [1.54, 1.807) is 48.0 Å². The second-order valence-corrected chi connectivity index (χ2v) is 31.8. The van der Waals surface area contributed by atoms with Gasteiger partial charge in [0.1, 0.15) is 26.4 Å². The Morgan fingerprint density at radius 2 is 0.516 bits per heavy atom. The maximum absolute atomic E-state index is 12.8. The first kappa shape index (κ1) is 106. The largest absolute Gasteiger partial charge is 0.493 e. The van der Waals surface area contributed by atoms with Gasteiger partial charge in [-0.1, -0.05) is 221 Å². The highest BCUT2D eigenvalue weighted by atomic mass is 16.5. The van der Waals surface area contributed by atoms with E-state index in [0.29, 0.717) is 171 Å². The van der Waals surface area contributed by atoms with E-state index in [9.17, 15) is 38.4 Å². The quantitative estimate of drug-likeness (QED) is 0.0164. The van der Waals surface area contributed by atoms with Crippen molar-refractivity contribution in [2.45, 2.75) is 168 Å². The van der Waals surface area contributed by atoms with E-state index in [1.807, 2.05) is 277 Å². The number of nitrogens with zero attached hydrogens (tertiary/aromatic N) is 4. The van der Waals surface area contributed by atoms with Crippen molar-refractivity contribution in [2.24, 2.45) is 23.7 Å². The lowest BCUT2D eigenvalue weighted by Gasteiger charge is -2.25. The van der Waals surface area contributed by atoms with Gasteiger partial charge in [0.2, 0.25) is 23.6 Å². The fraction of sp³-hybridized carbons (Fsp3) is 0.440. The number of carbonyl (C=O) groups is 8. The van der Waals surface area contributed by atoms with Crippen LogP contribution in [-0.4, -0.2) is 174 Å². The van der Waals surface area contributed by atoms with Crippen molar-refractivity contribution < 1.29 is 76.3 Å². The molecular formula is C100H140N12O16. The molecular weight excluding hydrogens is 1630 g/mol. The summed E-state index contributed by atoms with van der Waals surface area (Å²) in [6, 6.07) is 61.6. The van der Waals surface area contributed by atoms with Gasteiger partial charge in [0.05, 0.1) is 28.4 Å². The Hall–Kier alpha value is -12.9. The number of urea groups is 4. The summed E-state index contributed by atoms with van der Waals surface area (Å²) < 4.78 is 45.8. The predicted octanol–water partition coefficient (Wildman–Crippen LogP) is 15.9. The highest BCUT2D eigenvalue weighted by molar-refractivity contribution is 5.81. The fourth-order valence-electron chi connectivity index (χ4n) is 12.6. The molecule has 0 bridgehead atoms. The molecule has 28 heteroatoms. The Morgan fingerprint density at radius 3 is 0.742 bits per heavy atom. The van der Waals surface area contributed by atoms with Crippen molar-refractivity contribution in [3.63, 3.8) is 0 Å².